The highest BCUT2D eigenvalue weighted by atomic mass is 16.5. The molecule has 0 saturated heterocycles. The van der Waals surface area contributed by atoms with Crippen LogP contribution in [0.1, 0.15) is 62.5 Å². The average molecular weight is 274 g/mol. The Morgan fingerprint density at radius 1 is 1.40 bits per heavy atom. The van der Waals surface area contributed by atoms with Crippen LogP contribution in [0.5, 0.6) is 5.75 Å². The summed E-state index contributed by atoms with van der Waals surface area (Å²) in [4.78, 5) is 11.2. The summed E-state index contributed by atoms with van der Waals surface area (Å²) in [5.41, 5.74) is 2.26. The number of carboxylic acid groups (broad SMARTS) is 1. The molecule has 1 saturated carbocycles. The summed E-state index contributed by atoms with van der Waals surface area (Å²) in [5, 5.41) is 9.21. The predicted molar refractivity (Wildman–Crippen MR) is 77.3 cm³/mol. The molecule has 1 fully saturated rings. The molecule has 1 aromatic carbocycles. The van der Waals surface area contributed by atoms with E-state index in [1.807, 2.05) is 6.07 Å². The zero-order valence-corrected chi connectivity index (χ0v) is 12.0. The lowest BCUT2D eigenvalue weighted by atomic mass is 9.79. The Kier molecular flexibility index (Phi) is 3.45. The molecule has 0 bridgehead atoms. The Morgan fingerprint density at radius 3 is 2.80 bits per heavy atom. The number of fused-ring (bicyclic) bond motifs is 1. The lowest BCUT2D eigenvalue weighted by Crippen LogP contribution is -2.38. The Labute approximate surface area is 120 Å². The van der Waals surface area contributed by atoms with Crippen LogP contribution in [0.25, 0.3) is 0 Å². The van der Waals surface area contributed by atoms with Gasteiger partial charge in [-0.25, -0.2) is 0 Å². The summed E-state index contributed by atoms with van der Waals surface area (Å²) in [7, 11) is 0. The molecule has 3 heteroatoms. The van der Waals surface area contributed by atoms with Crippen molar-refractivity contribution in [1.29, 1.82) is 0 Å². The number of aliphatic carboxylic acids is 1. The van der Waals surface area contributed by atoms with Crippen LogP contribution in [-0.4, -0.2) is 16.7 Å². The highest BCUT2D eigenvalue weighted by Gasteiger charge is 2.43. The number of rotatable bonds is 3. The molecule has 1 heterocycles. The van der Waals surface area contributed by atoms with Crippen molar-refractivity contribution in [2.75, 3.05) is 0 Å². The zero-order valence-electron chi connectivity index (χ0n) is 12.0. The molecule has 1 N–H and O–H groups in total. The maximum Gasteiger partial charge on any atom is 0.303 e. The van der Waals surface area contributed by atoms with E-state index in [1.165, 1.54) is 18.4 Å². The molecule has 108 valence electrons. The van der Waals surface area contributed by atoms with Crippen molar-refractivity contribution in [1.82, 2.24) is 0 Å². The van der Waals surface area contributed by atoms with Crippen LogP contribution < -0.4 is 4.74 Å². The monoisotopic (exact) mass is 274 g/mol. The highest BCUT2D eigenvalue weighted by Crippen LogP contribution is 2.49. The van der Waals surface area contributed by atoms with Crippen LogP contribution in [0, 0.1) is 0 Å². The Balaban J connectivity index is 1.97. The summed E-state index contributed by atoms with van der Waals surface area (Å²) in [5.74, 6) is 0.306. The third kappa shape index (κ3) is 2.41. The van der Waals surface area contributed by atoms with Crippen LogP contribution in [0.2, 0.25) is 0 Å². The Hall–Kier alpha value is -1.51. The summed E-state index contributed by atoms with van der Waals surface area (Å²) in [6.45, 7) is 2.12. The smallest absolute Gasteiger partial charge is 0.303 e. The van der Waals surface area contributed by atoms with Gasteiger partial charge in [-0.05, 0) is 55.7 Å². The van der Waals surface area contributed by atoms with E-state index in [0.29, 0.717) is 0 Å². The molecule has 1 unspecified atom stereocenters. The number of carboxylic acids is 1. The van der Waals surface area contributed by atoms with E-state index < -0.39 is 5.97 Å². The number of benzene rings is 1. The van der Waals surface area contributed by atoms with Gasteiger partial charge >= 0.3 is 5.97 Å². The molecular weight excluding hydrogens is 252 g/mol. The first-order valence-corrected chi connectivity index (χ1v) is 7.65. The second-order valence-corrected chi connectivity index (χ2v) is 6.22. The molecule has 0 aromatic heterocycles. The van der Waals surface area contributed by atoms with Crippen LogP contribution in [0.3, 0.4) is 0 Å². The molecule has 20 heavy (non-hydrogen) atoms. The second kappa shape index (κ2) is 5.12. The van der Waals surface area contributed by atoms with Gasteiger partial charge in [0.2, 0.25) is 0 Å². The molecular formula is C17H22O3. The van der Waals surface area contributed by atoms with Gasteiger partial charge in [-0.1, -0.05) is 19.1 Å². The van der Waals surface area contributed by atoms with E-state index in [9.17, 15) is 9.90 Å². The van der Waals surface area contributed by atoms with E-state index >= 15 is 0 Å². The maximum atomic E-state index is 11.2. The predicted octanol–water partition coefficient (Wildman–Crippen LogP) is 3.90. The Bertz CT molecular complexity index is 515. The molecule has 3 rings (SSSR count). The fourth-order valence-corrected chi connectivity index (χ4v) is 3.78. The second-order valence-electron chi connectivity index (χ2n) is 6.22. The lowest BCUT2D eigenvalue weighted by molar-refractivity contribution is -0.137. The largest absolute Gasteiger partial charge is 0.487 e. The first kappa shape index (κ1) is 13.5. The topological polar surface area (TPSA) is 46.5 Å². The molecule has 1 aromatic rings. The molecule has 1 aliphatic heterocycles. The van der Waals surface area contributed by atoms with Gasteiger partial charge in [-0.3, -0.25) is 4.79 Å². The van der Waals surface area contributed by atoms with Crippen molar-refractivity contribution in [3.63, 3.8) is 0 Å². The minimum Gasteiger partial charge on any atom is -0.487 e. The standard InChI is InChI=1S/C17H22O3/c1-2-12-5-6-15-14(9-12)13(10-16(18)19)11-17(20-15)7-3-4-8-17/h5-6,9,13H,2-4,7-8,10-11H2,1H3,(H,18,19). The van der Waals surface area contributed by atoms with Gasteiger partial charge in [0.15, 0.2) is 0 Å². The third-order valence-corrected chi connectivity index (χ3v) is 4.80. The fourth-order valence-electron chi connectivity index (χ4n) is 3.78. The molecule has 0 amide bonds. The number of aryl methyl sites for hydroxylation is 1. The third-order valence-electron chi connectivity index (χ3n) is 4.80. The van der Waals surface area contributed by atoms with Crippen molar-refractivity contribution in [3.05, 3.63) is 29.3 Å². The summed E-state index contributed by atoms with van der Waals surface area (Å²) >= 11 is 0. The summed E-state index contributed by atoms with van der Waals surface area (Å²) in [6, 6.07) is 6.29. The molecule has 2 aliphatic rings. The van der Waals surface area contributed by atoms with Gasteiger partial charge in [0.1, 0.15) is 11.4 Å². The van der Waals surface area contributed by atoms with Gasteiger partial charge in [0.05, 0.1) is 6.42 Å². The van der Waals surface area contributed by atoms with E-state index in [-0.39, 0.29) is 17.9 Å². The van der Waals surface area contributed by atoms with Crippen LogP contribution in [0.15, 0.2) is 18.2 Å². The van der Waals surface area contributed by atoms with E-state index in [4.69, 9.17) is 4.74 Å². The van der Waals surface area contributed by atoms with Crippen LogP contribution >= 0.6 is 0 Å². The number of hydrogen-bond acceptors (Lipinski definition) is 2. The maximum absolute atomic E-state index is 11.2. The summed E-state index contributed by atoms with van der Waals surface area (Å²) in [6.07, 6.45) is 6.57. The SMILES string of the molecule is CCc1ccc2c(c1)C(CC(=O)O)CC1(CCCC1)O2. The fraction of sp³-hybridized carbons (Fsp3) is 0.588. The molecule has 1 spiro atoms. The zero-order chi connectivity index (χ0) is 14.2. The first-order valence-electron chi connectivity index (χ1n) is 7.65. The molecule has 1 aliphatic carbocycles. The number of hydrogen-bond donors (Lipinski definition) is 1. The lowest BCUT2D eigenvalue weighted by Gasteiger charge is -2.40. The highest BCUT2D eigenvalue weighted by molar-refractivity contribution is 5.68. The van der Waals surface area contributed by atoms with Gasteiger partial charge in [0, 0.05) is 5.92 Å². The van der Waals surface area contributed by atoms with Crippen LogP contribution in [0.4, 0.5) is 0 Å². The summed E-state index contributed by atoms with van der Waals surface area (Å²) < 4.78 is 6.30. The van der Waals surface area contributed by atoms with Crippen molar-refractivity contribution in [2.24, 2.45) is 0 Å². The van der Waals surface area contributed by atoms with E-state index in [0.717, 1.165) is 37.0 Å². The number of carbonyl (C=O) groups is 1. The van der Waals surface area contributed by atoms with Crippen molar-refractivity contribution < 1.29 is 14.6 Å². The van der Waals surface area contributed by atoms with Gasteiger partial charge < -0.3 is 9.84 Å². The quantitative estimate of drug-likeness (QED) is 0.909. The molecule has 3 nitrogen and oxygen atoms in total. The molecule has 1 atom stereocenters. The molecule has 0 radical (unpaired) electrons. The number of ether oxygens (including phenoxy) is 1. The van der Waals surface area contributed by atoms with Gasteiger partial charge in [-0.2, -0.15) is 0 Å². The van der Waals surface area contributed by atoms with Crippen LogP contribution in [-0.2, 0) is 11.2 Å². The van der Waals surface area contributed by atoms with E-state index in [2.05, 4.69) is 19.1 Å². The van der Waals surface area contributed by atoms with Crippen molar-refractivity contribution in [2.45, 2.75) is 63.4 Å². The average Bonchev–Trinajstić information content (AvgIpc) is 2.85. The van der Waals surface area contributed by atoms with Crippen molar-refractivity contribution >= 4 is 5.97 Å². The Morgan fingerprint density at radius 2 is 2.15 bits per heavy atom. The van der Waals surface area contributed by atoms with Gasteiger partial charge in [-0.15, -0.1) is 0 Å². The minimum absolute atomic E-state index is 0.0964. The van der Waals surface area contributed by atoms with Crippen molar-refractivity contribution in [3.8, 4) is 5.75 Å². The van der Waals surface area contributed by atoms with E-state index in [1.54, 1.807) is 0 Å². The van der Waals surface area contributed by atoms with Gasteiger partial charge in [0.25, 0.3) is 0 Å². The normalized spacial score (nSPS) is 23.4. The first-order chi connectivity index (χ1) is 9.62. The minimum atomic E-state index is -0.710.